The first-order valence-electron chi connectivity index (χ1n) is 8.16. The van der Waals surface area contributed by atoms with Gasteiger partial charge in [-0.1, -0.05) is 23.2 Å². The van der Waals surface area contributed by atoms with Crippen molar-refractivity contribution in [2.24, 2.45) is 0 Å². The van der Waals surface area contributed by atoms with E-state index in [9.17, 15) is 0 Å². The molecule has 4 nitrogen and oxygen atoms in total. The minimum absolute atomic E-state index is 0.591. The Morgan fingerprint density at radius 2 is 2.08 bits per heavy atom. The largest absolute Gasteiger partial charge is 0.460 e. The van der Waals surface area contributed by atoms with E-state index >= 15 is 0 Å². The number of aromatic nitrogens is 2. The predicted octanol–water partition coefficient (Wildman–Crippen LogP) is 4.91. The Balaban J connectivity index is 1.49. The first-order valence-corrected chi connectivity index (χ1v) is 8.92. The SMILES string of the molecule is Cc1ncc2c(n1)CCN(Cc1ccc(-c3ccc(Cl)cc3Cl)o1)C2. The van der Waals surface area contributed by atoms with Crippen molar-refractivity contribution in [3.05, 3.63) is 69.4 Å². The molecule has 25 heavy (non-hydrogen) atoms. The molecule has 0 N–H and O–H groups in total. The van der Waals surface area contributed by atoms with Gasteiger partial charge in [0.05, 0.1) is 11.6 Å². The molecule has 0 saturated heterocycles. The summed E-state index contributed by atoms with van der Waals surface area (Å²) in [7, 11) is 0. The van der Waals surface area contributed by atoms with Crippen molar-refractivity contribution in [2.45, 2.75) is 26.4 Å². The Bertz CT molecular complexity index is 923. The summed E-state index contributed by atoms with van der Waals surface area (Å²) in [5, 5.41) is 1.21. The van der Waals surface area contributed by atoms with E-state index in [1.807, 2.05) is 37.4 Å². The number of halogens is 2. The Morgan fingerprint density at radius 3 is 2.92 bits per heavy atom. The lowest BCUT2D eigenvalue weighted by atomic mass is 10.1. The average molecular weight is 374 g/mol. The number of aryl methyl sites for hydroxylation is 1. The van der Waals surface area contributed by atoms with Crippen LogP contribution in [0.2, 0.25) is 10.0 Å². The number of hydrogen-bond donors (Lipinski definition) is 0. The Hall–Kier alpha value is -1.88. The third-order valence-electron chi connectivity index (χ3n) is 4.37. The highest BCUT2D eigenvalue weighted by Gasteiger charge is 2.19. The smallest absolute Gasteiger partial charge is 0.135 e. The number of fused-ring (bicyclic) bond motifs is 1. The van der Waals surface area contributed by atoms with Gasteiger partial charge in [0.15, 0.2) is 0 Å². The quantitative estimate of drug-likeness (QED) is 0.653. The highest BCUT2D eigenvalue weighted by Crippen LogP contribution is 2.32. The van der Waals surface area contributed by atoms with Gasteiger partial charge in [0.25, 0.3) is 0 Å². The molecule has 0 aliphatic carbocycles. The van der Waals surface area contributed by atoms with E-state index in [2.05, 4.69) is 14.9 Å². The summed E-state index contributed by atoms with van der Waals surface area (Å²) in [5.74, 6) is 2.51. The number of rotatable bonds is 3. The maximum absolute atomic E-state index is 6.27. The van der Waals surface area contributed by atoms with Crippen LogP contribution in [-0.4, -0.2) is 21.4 Å². The second-order valence-corrected chi connectivity index (χ2v) is 7.08. The zero-order valence-electron chi connectivity index (χ0n) is 13.8. The second-order valence-electron chi connectivity index (χ2n) is 6.24. The van der Waals surface area contributed by atoms with Gasteiger partial charge in [-0.3, -0.25) is 4.90 Å². The van der Waals surface area contributed by atoms with Crippen molar-refractivity contribution in [1.29, 1.82) is 0 Å². The zero-order valence-corrected chi connectivity index (χ0v) is 15.3. The molecule has 0 atom stereocenters. The van der Waals surface area contributed by atoms with E-state index in [-0.39, 0.29) is 0 Å². The first-order chi connectivity index (χ1) is 12.1. The van der Waals surface area contributed by atoms with Crippen LogP contribution in [-0.2, 0) is 19.5 Å². The minimum Gasteiger partial charge on any atom is -0.460 e. The lowest BCUT2D eigenvalue weighted by molar-refractivity contribution is 0.224. The van der Waals surface area contributed by atoms with E-state index < -0.39 is 0 Å². The Morgan fingerprint density at radius 1 is 1.20 bits per heavy atom. The maximum atomic E-state index is 6.27. The van der Waals surface area contributed by atoms with Gasteiger partial charge in [-0.15, -0.1) is 0 Å². The fraction of sp³-hybridized carbons (Fsp3) is 0.263. The van der Waals surface area contributed by atoms with E-state index in [0.717, 1.165) is 54.7 Å². The van der Waals surface area contributed by atoms with Crippen LogP contribution in [0, 0.1) is 6.92 Å². The molecule has 0 saturated carbocycles. The van der Waals surface area contributed by atoms with E-state index in [0.29, 0.717) is 10.0 Å². The topological polar surface area (TPSA) is 42.2 Å². The molecule has 1 aromatic carbocycles. The van der Waals surface area contributed by atoms with Crippen LogP contribution < -0.4 is 0 Å². The van der Waals surface area contributed by atoms with Crippen molar-refractivity contribution in [1.82, 2.24) is 14.9 Å². The second kappa shape index (κ2) is 6.79. The van der Waals surface area contributed by atoms with Gasteiger partial charge < -0.3 is 4.42 Å². The zero-order chi connectivity index (χ0) is 17.4. The molecule has 1 aliphatic rings. The van der Waals surface area contributed by atoms with Crippen molar-refractivity contribution in [3.8, 4) is 11.3 Å². The predicted molar refractivity (Wildman–Crippen MR) is 98.8 cm³/mol. The third-order valence-corrected chi connectivity index (χ3v) is 4.92. The van der Waals surface area contributed by atoms with Crippen molar-refractivity contribution >= 4 is 23.2 Å². The molecule has 128 valence electrons. The van der Waals surface area contributed by atoms with Gasteiger partial charge in [-0.25, -0.2) is 9.97 Å². The molecule has 3 aromatic rings. The van der Waals surface area contributed by atoms with Crippen molar-refractivity contribution in [3.63, 3.8) is 0 Å². The van der Waals surface area contributed by atoms with Crippen LogP contribution in [0.1, 0.15) is 22.8 Å². The highest BCUT2D eigenvalue weighted by atomic mass is 35.5. The molecule has 0 fully saturated rings. The van der Waals surface area contributed by atoms with Crippen molar-refractivity contribution < 1.29 is 4.42 Å². The normalized spacial score (nSPS) is 14.5. The average Bonchev–Trinajstić information content (AvgIpc) is 3.03. The number of nitrogens with zero attached hydrogens (tertiary/aromatic N) is 3. The van der Waals surface area contributed by atoms with E-state index in [1.54, 1.807) is 6.07 Å². The molecule has 1 aliphatic heterocycles. The molecule has 0 bridgehead atoms. The molecule has 4 rings (SSSR count). The Labute approximate surface area is 156 Å². The van der Waals surface area contributed by atoms with Gasteiger partial charge >= 0.3 is 0 Å². The molecule has 3 heterocycles. The number of hydrogen-bond acceptors (Lipinski definition) is 4. The van der Waals surface area contributed by atoms with Crippen LogP contribution in [0.5, 0.6) is 0 Å². The van der Waals surface area contributed by atoms with Crippen LogP contribution in [0.3, 0.4) is 0 Å². The maximum Gasteiger partial charge on any atom is 0.135 e. The summed E-state index contributed by atoms with van der Waals surface area (Å²) in [6, 6.07) is 9.37. The molecule has 0 amide bonds. The third kappa shape index (κ3) is 3.56. The molecular weight excluding hydrogens is 357 g/mol. The van der Waals surface area contributed by atoms with Crippen LogP contribution in [0.25, 0.3) is 11.3 Å². The van der Waals surface area contributed by atoms with Gasteiger partial charge in [-0.05, 0) is 37.3 Å². The summed E-state index contributed by atoms with van der Waals surface area (Å²) in [5.41, 5.74) is 3.21. The van der Waals surface area contributed by atoms with E-state index in [4.69, 9.17) is 27.6 Å². The van der Waals surface area contributed by atoms with Crippen LogP contribution >= 0.6 is 23.2 Å². The fourth-order valence-electron chi connectivity index (χ4n) is 3.13. The monoisotopic (exact) mass is 373 g/mol. The summed E-state index contributed by atoms with van der Waals surface area (Å²) < 4.78 is 6.00. The molecule has 0 radical (unpaired) electrons. The lowest BCUT2D eigenvalue weighted by Crippen LogP contribution is -2.30. The van der Waals surface area contributed by atoms with Gasteiger partial charge in [-0.2, -0.15) is 0 Å². The highest BCUT2D eigenvalue weighted by molar-refractivity contribution is 6.36. The molecular formula is C19H17Cl2N3O. The molecule has 0 unspecified atom stereocenters. The standard InChI is InChI=1S/C19H17Cl2N3O/c1-12-22-9-13-10-24(7-6-18(13)23-12)11-15-3-5-19(25-15)16-4-2-14(20)8-17(16)21/h2-5,8-9H,6-7,10-11H2,1H3. The summed E-state index contributed by atoms with van der Waals surface area (Å²) >= 11 is 12.2. The van der Waals surface area contributed by atoms with E-state index in [1.165, 1.54) is 5.56 Å². The summed E-state index contributed by atoms with van der Waals surface area (Å²) in [4.78, 5) is 11.2. The summed E-state index contributed by atoms with van der Waals surface area (Å²) in [6.07, 6.45) is 2.88. The number of furan rings is 1. The first kappa shape index (κ1) is 16.6. The minimum atomic E-state index is 0.591. The molecule has 6 heteroatoms. The van der Waals surface area contributed by atoms with Crippen molar-refractivity contribution in [2.75, 3.05) is 6.54 Å². The number of benzene rings is 1. The Kier molecular flexibility index (Phi) is 4.50. The molecule has 2 aromatic heterocycles. The fourth-order valence-corrected chi connectivity index (χ4v) is 3.63. The van der Waals surface area contributed by atoms with Crippen LogP contribution in [0.15, 0.2) is 40.9 Å². The van der Waals surface area contributed by atoms with Crippen LogP contribution in [0.4, 0.5) is 0 Å². The van der Waals surface area contributed by atoms with Gasteiger partial charge in [0, 0.05) is 47.6 Å². The molecule has 0 spiro atoms. The van der Waals surface area contributed by atoms with Gasteiger partial charge in [0.2, 0.25) is 0 Å². The summed E-state index contributed by atoms with van der Waals surface area (Å²) in [6.45, 7) is 4.48. The lowest BCUT2D eigenvalue weighted by Gasteiger charge is -2.27. The van der Waals surface area contributed by atoms with Gasteiger partial charge in [0.1, 0.15) is 17.3 Å².